The lowest BCUT2D eigenvalue weighted by atomic mass is 9.97. The number of anilines is 1. The highest BCUT2D eigenvalue weighted by molar-refractivity contribution is 5.86. The Morgan fingerprint density at radius 1 is 0.919 bits per heavy atom. The highest BCUT2D eigenvalue weighted by Crippen LogP contribution is 2.24. The summed E-state index contributed by atoms with van der Waals surface area (Å²) in [7, 11) is 1.21. The maximum Gasteiger partial charge on any atom is 0.412 e. The average Bonchev–Trinajstić information content (AvgIpc) is 2.82. The molecule has 0 heterocycles. The first-order chi connectivity index (χ1) is 17.4. The van der Waals surface area contributed by atoms with Crippen LogP contribution in [0.25, 0.3) is 0 Å². The zero-order chi connectivity index (χ0) is 27.6. The average molecular weight is 515 g/mol. The van der Waals surface area contributed by atoms with E-state index >= 15 is 0 Å². The molecule has 2 aromatic carbocycles. The molecule has 0 bridgehead atoms. The lowest BCUT2D eigenvalue weighted by Crippen LogP contribution is -2.43. The van der Waals surface area contributed by atoms with Gasteiger partial charge in [0.25, 0.3) is 0 Å². The van der Waals surface area contributed by atoms with Crippen molar-refractivity contribution in [3.05, 3.63) is 64.7 Å². The molecule has 37 heavy (non-hydrogen) atoms. The fourth-order valence-corrected chi connectivity index (χ4v) is 3.33. The van der Waals surface area contributed by atoms with Crippen LogP contribution in [-0.4, -0.2) is 42.9 Å². The van der Waals surface area contributed by atoms with Gasteiger partial charge in [-0.15, -0.1) is 0 Å². The van der Waals surface area contributed by atoms with Crippen LogP contribution in [0.3, 0.4) is 0 Å². The van der Waals surface area contributed by atoms with Crippen LogP contribution in [0.4, 0.5) is 15.3 Å². The second-order valence-electron chi connectivity index (χ2n) is 9.33. The Bertz CT molecular complexity index is 1110. The van der Waals surface area contributed by atoms with E-state index in [1.54, 1.807) is 39.8 Å². The van der Waals surface area contributed by atoms with Crippen molar-refractivity contribution in [3.8, 4) is 0 Å². The SMILES string of the molecule is COC(=O)[C@@H](Cc1cc(C)c(NC(=O)OC(C)(C)C)cc1COC(C)=O)NC(=O)OCc1ccccc1. The Morgan fingerprint density at radius 3 is 2.19 bits per heavy atom. The molecule has 10 nitrogen and oxygen atoms in total. The van der Waals surface area contributed by atoms with Gasteiger partial charge in [0.1, 0.15) is 24.9 Å². The number of benzene rings is 2. The smallest absolute Gasteiger partial charge is 0.412 e. The van der Waals surface area contributed by atoms with Crippen LogP contribution >= 0.6 is 0 Å². The topological polar surface area (TPSA) is 129 Å². The number of esters is 2. The Kier molecular flexibility index (Phi) is 10.5. The molecule has 2 amide bonds. The molecule has 0 unspecified atom stereocenters. The first-order valence-corrected chi connectivity index (χ1v) is 11.7. The van der Waals surface area contributed by atoms with Gasteiger partial charge in [0.2, 0.25) is 0 Å². The highest BCUT2D eigenvalue weighted by Gasteiger charge is 2.25. The molecule has 0 aromatic heterocycles. The van der Waals surface area contributed by atoms with Gasteiger partial charge >= 0.3 is 24.1 Å². The number of aryl methyl sites for hydroxylation is 1. The molecule has 0 saturated heterocycles. The lowest BCUT2D eigenvalue weighted by Gasteiger charge is -2.22. The molecule has 2 rings (SSSR count). The van der Waals surface area contributed by atoms with E-state index in [4.69, 9.17) is 18.9 Å². The van der Waals surface area contributed by atoms with Gasteiger partial charge in [-0.3, -0.25) is 10.1 Å². The lowest BCUT2D eigenvalue weighted by molar-refractivity contribution is -0.143. The molecule has 10 heteroatoms. The third kappa shape index (κ3) is 10.2. The van der Waals surface area contributed by atoms with Crippen molar-refractivity contribution in [2.45, 2.75) is 65.9 Å². The number of alkyl carbamates (subject to hydrolysis) is 1. The molecule has 0 spiro atoms. The van der Waals surface area contributed by atoms with Crippen molar-refractivity contribution in [1.82, 2.24) is 5.32 Å². The number of ether oxygens (including phenoxy) is 4. The second kappa shape index (κ2) is 13.3. The quantitative estimate of drug-likeness (QED) is 0.372. The number of amides is 2. The number of carbonyl (C=O) groups is 4. The summed E-state index contributed by atoms with van der Waals surface area (Å²) in [5.41, 5.74) is 2.35. The van der Waals surface area contributed by atoms with Gasteiger partial charge in [0.15, 0.2) is 0 Å². The molecular weight excluding hydrogens is 480 g/mol. The maximum absolute atomic E-state index is 12.5. The predicted octanol–water partition coefficient (Wildman–Crippen LogP) is 4.42. The van der Waals surface area contributed by atoms with Crippen LogP contribution in [0.15, 0.2) is 42.5 Å². The number of carbonyl (C=O) groups excluding carboxylic acids is 4. The van der Waals surface area contributed by atoms with Gasteiger partial charge in [-0.05, 0) is 56.0 Å². The van der Waals surface area contributed by atoms with Crippen molar-refractivity contribution < 1.29 is 38.1 Å². The molecular formula is C27H34N2O8. The van der Waals surface area contributed by atoms with Crippen molar-refractivity contribution in [1.29, 1.82) is 0 Å². The minimum absolute atomic E-state index is 0.0251. The first-order valence-electron chi connectivity index (χ1n) is 11.7. The van der Waals surface area contributed by atoms with Crippen LogP contribution in [0.1, 0.15) is 49.9 Å². The van der Waals surface area contributed by atoms with E-state index in [-0.39, 0.29) is 19.6 Å². The van der Waals surface area contributed by atoms with Crippen LogP contribution in [0.2, 0.25) is 0 Å². The van der Waals surface area contributed by atoms with Crippen LogP contribution < -0.4 is 10.6 Å². The summed E-state index contributed by atoms with van der Waals surface area (Å²) >= 11 is 0. The van der Waals surface area contributed by atoms with E-state index in [0.717, 1.165) is 5.56 Å². The molecule has 0 aliphatic carbocycles. The highest BCUT2D eigenvalue weighted by atomic mass is 16.6. The summed E-state index contributed by atoms with van der Waals surface area (Å²) < 4.78 is 20.6. The third-order valence-corrected chi connectivity index (χ3v) is 5.03. The fraction of sp³-hybridized carbons (Fsp3) is 0.407. The molecule has 0 aliphatic rings. The summed E-state index contributed by atoms with van der Waals surface area (Å²) in [6, 6.07) is 11.4. The number of rotatable bonds is 9. The van der Waals surface area contributed by atoms with E-state index in [1.165, 1.54) is 14.0 Å². The summed E-state index contributed by atoms with van der Waals surface area (Å²) in [6.07, 6.45) is -1.41. The molecule has 0 aliphatic heterocycles. The number of hydrogen-bond acceptors (Lipinski definition) is 8. The predicted molar refractivity (Wildman–Crippen MR) is 136 cm³/mol. The van der Waals surface area contributed by atoms with Crippen LogP contribution in [-0.2, 0) is 48.2 Å². The minimum Gasteiger partial charge on any atom is -0.467 e. The van der Waals surface area contributed by atoms with E-state index in [0.29, 0.717) is 22.4 Å². The largest absolute Gasteiger partial charge is 0.467 e. The van der Waals surface area contributed by atoms with Crippen molar-refractivity contribution >= 4 is 29.8 Å². The van der Waals surface area contributed by atoms with E-state index in [9.17, 15) is 19.2 Å². The Labute approximate surface area is 216 Å². The van der Waals surface area contributed by atoms with Gasteiger partial charge in [-0.2, -0.15) is 0 Å². The Morgan fingerprint density at radius 2 is 1.59 bits per heavy atom. The summed E-state index contributed by atoms with van der Waals surface area (Å²) in [5.74, 6) is -1.18. The van der Waals surface area contributed by atoms with E-state index in [2.05, 4.69) is 10.6 Å². The summed E-state index contributed by atoms with van der Waals surface area (Å²) in [4.78, 5) is 48.7. The fourth-order valence-electron chi connectivity index (χ4n) is 3.33. The summed E-state index contributed by atoms with van der Waals surface area (Å²) in [5, 5.41) is 5.23. The van der Waals surface area contributed by atoms with Gasteiger partial charge < -0.3 is 24.3 Å². The zero-order valence-corrected chi connectivity index (χ0v) is 22.0. The van der Waals surface area contributed by atoms with Crippen molar-refractivity contribution in [2.24, 2.45) is 0 Å². The number of nitrogens with one attached hydrogen (secondary N) is 2. The summed E-state index contributed by atoms with van der Waals surface area (Å²) in [6.45, 7) is 8.21. The Hall–Kier alpha value is -4.08. The molecule has 0 saturated carbocycles. The number of methoxy groups -OCH3 is 1. The first kappa shape index (κ1) is 29.2. The van der Waals surface area contributed by atoms with Crippen LogP contribution in [0.5, 0.6) is 0 Å². The molecule has 2 N–H and O–H groups in total. The van der Waals surface area contributed by atoms with Crippen molar-refractivity contribution in [2.75, 3.05) is 12.4 Å². The monoisotopic (exact) mass is 514 g/mol. The second-order valence-corrected chi connectivity index (χ2v) is 9.33. The van der Waals surface area contributed by atoms with Crippen molar-refractivity contribution in [3.63, 3.8) is 0 Å². The van der Waals surface area contributed by atoms with Gasteiger partial charge in [-0.1, -0.05) is 36.4 Å². The normalized spacial score (nSPS) is 11.6. The van der Waals surface area contributed by atoms with E-state index in [1.807, 2.05) is 30.3 Å². The maximum atomic E-state index is 12.5. The Balaban J connectivity index is 2.25. The number of hydrogen-bond donors (Lipinski definition) is 2. The molecule has 0 radical (unpaired) electrons. The molecule has 0 fully saturated rings. The zero-order valence-electron chi connectivity index (χ0n) is 22.0. The molecule has 200 valence electrons. The standard InChI is InChI=1S/C27H34N2O8/c1-17-12-20(21(16-35-18(2)30)14-22(17)28-26(33)37-27(3,4)5)13-23(24(31)34-6)29-25(32)36-15-19-10-8-7-9-11-19/h7-12,14,23H,13,15-16H2,1-6H3,(H,28,33)(H,29,32)/t23-/m1/s1. The molecule has 2 aromatic rings. The van der Waals surface area contributed by atoms with Gasteiger partial charge in [0.05, 0.1) is 7.11 Å². The van der Waals surface area contributed by atoms with E-state index < -0.39 is 35.8 Å². The van der Waals surface area contributed by atoms with Gasteiger partial charge in [-0.25, -0.2) is 14.4 Å². The minimum atomic E-state index is -1.08. The van der Waals surface area contributed by atoms with Crippen LogP contribution in [0, 0.1) is 6.92 Å². The molecule has 1 atom stereocenters. The third-order valence-electron chi connectivity index (χ3n) is 5.03. The van der Waals surface area contributed by atoms with Gasteiger partial charge in [0, 0.05) is 19.0 Å².